The monoisotopic (exact) mass is 394 g/mol. The average Bonchev–Trinajstić information content (AvgIpc) is 2.51. The van der Waals surface area contributed by atoms with E-state index in [1.165, 1.54) is 6.92 Å². The van der Waals surface area contributed by atoms with Crippen molar-refractivity contribution in [3.05, 3.63) is 0 Å². The number of Topliss-reactive ketones (excluding diaryl/α,β-unsaturated/α-hetero) is 1. The number of esters is 1. The van der Waals surface area contributed by atoms with Gasteiger partial charge in [-0.15, -0.1) is 0 Å². The molecule has 7 heteroatoms. The first-order valence-corrected chi connectivity index (χ1v) is 9.06. The van der Waals surface area contributed by atoms with Gasteiger partial charge in [-0.25, -0.2) is 0 Å². The molecule has 0 N–H and O–H groups in total. The van der Waals surface area contributed by atoms with E-state index < -0.39 is 11.9 Å². The quantitative estimate of drug-likeness (QED) is 0.131. The summed E-state index contributed by atoms with van der Waals surface area (Å²) in [6.45, 7) is 8.83. The van der Waals surface area contributed by atoms with Crippen molar-refractivity contribution in [2.45, 2.75) is 78.6 Å². The van der Waals surface area contributed by atoms with Gasteiger partial charge in [0, 0.05) is 28.3 Å². The molecule has 0 fully saturated rings. The Labute approximate surface area is 167 Å². The minimum atomic E-state index is -1.56. The molecule has 0 unspecified atom stereocenters. The molecule has 146 valence electrons. The van der Waals surface area contributed by atoms with E-state index in [2.05, 4.69) is 6.92 Å². The molecule has 0 heterocycles. The number of carbonyl (C=O) groups excluding carboxylic acids is 2. The molecule has 0 aliphatic rings. The van der Waals surface area contributed by atoms with Gasteiger partial charge in [0.2, 0.25) is 0 Å². The van der Waals surface area contributed by atoms with Crippen LogP contribution in [0.2, 0.25) is 0 Å². The number of carbonyl (C=O) groups is 2. The molecule has 0 rings (SSSR count). The summed E-state index contributed by atoms with van der Waals surface area (Å²) < 4.78 is 22.5. The maximum Gasteiger partial charge on any atom is 0.354 e. The number of hydrogen-bond donors (Lipinski definition) is 0. The topological polar surface area (TPSA) is 71.1 Å². The minimum absolute atomic E-state index is 0. The molecular formula is C18H34O6Ti. The third-order valence-electron chi connectivity index (χ3n) is 3.22. The van der Waals surface area contributed by atoms with Gasteiger partial charge in [0.25, 0.3) is 0 Å². The number of rotatable bonds is 16. The Morgan fingerprint density at radius 1 is 0.840 bits per heavy atom. The van der Waals surface area contributed by atoms with Crippen molar-refractivity contribution >= 4 is 11.8 Å². The third-order valence-corrected chi connectivity index (χ3v) is 3.22. The zero-order chi connectivity index (χ0) is 18.3. The van der Waals surface area contributed by atoms with Gasteiger partial charge in [-0.2, -0.15) is 0 Å². The van der Waals surface area contributed by atoms with Gasteiger partial charge >= 0.3 is 11.9 Å². The van der Waals surface area contributed by atoms with Crippen LogP contribution in [0.5, 0.6) is 0 Å². The van der Waals surface area contributed by atoms with E-state index in [9.17, 15) is 9.59 Å². The Kier molecular flexibility index (Phi) is 18.5. The van der Waals surface area contributed by atoms with Crippen LogP contribution in [-0.2, 0) is 50.3 Å². The summed E-state index contributed by atoms with van der Waals surface area (Å²) in [6.07, 6.45) is 5.14. The molecule has 0 aromatic rings. The van der Waals surface area contributed by atoms with E-state index in [4.69, 9.17) is 18.9 Å². The Balaban J connectivity index is 0. The van der Waals surface area contributed by atoms with Gasteiger partial charge in [-0.1, -0.05) is 40.0 Å². The third kappa shape index (κ3) is 14.6. The van der Waals surface area contributed by atoms with Crippen LogP contribution in [0.1, 0.15) is 72.6 Å². The Bertz CT molecular complexity index is 338. The molecule has 0 amide bonds. The van der Waals surface area contributed by atoms with Gasteiger partial charge in [-0.3, -0.25) is 9.59 Å². The molecule has 0 aromatic carbocycles. The Hall–Kier alpha value is -0.266. The summed E-state index contributed by atoms with van der Waals surface area (Å²) in [7, 11) is 0. The predicted molar refractivity (Wildman–Crippen MR) is 91.6 cm³/mol. The fourth-order valence-corrected chi connectivity index (χ4v) is 1.81. The zero-order valence-electron chi connectivity index (χ0n) is 16.2. The molecule has 0 radical (unpaired) electrons. The van der Waals surface area contributed by atoms with E-state index in [0.29, 0.717) is 19.8 Å². The second-order valence-corrected chi connectivity index (χ2v) is 5.85. The SMILES string of the molecule is CCCCOCC(OCCCC)(OCCCC)OC(=O)CC(C)=O.[Ti]. The average molecular weight is 394 g/mol. The van der Waals surface area contributed by atoms with Crippen LogP contribution >= 0.6 is 0 Å². The molecule has 0 bridgehead atoms. The van der Waals surface area contributed by atoms with Gasteiger partial charge in [0.15, 0.2) is 0 Å². The van der Waals surface area contributed by atoms with E-state index in [-0.39, 0.29) is 40.5 Å². The molecule has 0 aromatic heterocycles. The van der Waals surface area contributed by atoms with Crippen LogP contribution in [0.4, 0.5) is 0 Å². The molecular weight excluding hydrogens is 360 g/mol. The number of ether oxygens (including phenoxy) is 4. The molecule has 25 heavy (non-hydrogen) atoms. The second-order valence-electron chi connectivity index (χ2n) is 5.85. The first kappa shape index (κ1) is 27.0. The van der Waals surface area contributed by atoms with Gasteiger partial charge in [0.1, 0.15) is 18.8 Å². The normalized spacial score (nSPS) is 11.0. The van der Waals surface area contributed by atoms with Crippen molar-refractivity contribution in [1.82, 2.24) is 0 Å². The summed E-state index contributed by atoms with van der Waals surface area (Å²) in [6, 6.07) is 0. The number of ketones is 1. The van der Waals surface area contributed by atoms with Crippen molar-refractivity contribution < 1.29 is 50.3 Å². The van der Waals surface area contributed by atoms with Crippen LogP contribution in [0.15, 0.2) is 0 Å². The summed E-state index contributed by atoms with van der Waals surface area (Å²) >= 11 is 0. The number of hydrogen-bond acceptors (Lipinski definition) is 6. The summed E-state index contributed by atoms with van der Waals surface area (Å²) in [5, 5.41) is 0. The van der Waals surface area contributed by atoms with Crippen molar-refractivity contribution in [2.24, 2.45) is 0 Å². The fraction of sp³-hybridized carbons (Fsp3) is 0.889. The smallest absolute Gasteiger partial charge is 0.354 e. The van der Waals surface area contributed by atoms with Crippen molar-refractivity contribution in [2.75, 3.05) is 26.4 Å². The molecule has 0 saturated heterocycles. The second kappa shape index (κ2) is 17.2. The van der Waals surface area contributed by atoms with Crippen LogP contribution in [0, 0.1) is 0 Å². The standard InChI is InChI=1S/C18H34O6.Ti/c1-5-8-11-21-15-18(22-12-9-6-2,23-13-10-7-3)24-17(20)14-16(4)19;/h5-15H2,1-4H3;. The minimum Gasteiger partial charge on any atom is -0.405 e. The van der Waals surface area contributed by atoms with E-state index in [1.807, 2.05) is 13.8 Å². The molecule has 0 aliphatic heterocycles. The first-order chi connectivity index (χ1) is 11.5. The van der Waals surface area contributed by atoms with Crippen molar-refractivity contribution in [1.29, 1.82) is 0 Å². The van der Waals surface area contributed by atoms with E-state index >= 15 is 0 Å². The summed E-state index contributed by atoms with van der Waals surface area (Å²) in [5.74, 6) is -2.48. The van der Waals surface area contributed by atoms with Crippen LogP contribution in [-0.4, -0.2) is 44.2 Å². The summed E-state index contributed by atoms with van der Waals surface area (Å²) in [5.41, 5.74) is 0. The Morgan fingerprint density at radius 2 is 1.32 bits per heavy atom. The molecule has 0 atom stereocenters. The Morgan fingerprint density at radius 3 is 1.76 bits per heavy atom. The van der Waals surface area contributed by atoms with Crippen LogP contribution in [0.3, 0.4) is 0 Å². The molecule has 0 aliphatic carbocycles. The maximum atomic E-state index is 12.0. The van der Waals surface area contributed by atoms with Crippen LogP contribution in [0.25, 0.3) is 0 Å². The maximum absolute atomic E-state index is 12.0. The molecule has 0 saturated carbocycles. The van der Waals surface area contributed by atoms with E-state index in [0.717, 1.165) is 38.5 Å². The van der Waals surface area contributed by atoms with Crippen LogP contribution < -0.4 is 0 Å². The largest absolute Gasteiger partial charge is 0.405 e. The number of unbranched alkanes of at least 4 members (excludes halogenated alkanes) is 3. The van der Waals surface area contributed by atoms with E-state index in [1.54, 1.807) is 0 Å². The molecule has 6 nitrogen and oxygen atoms in total. The zero-order valence-corrected chi connectivity index (χ0v) is 17.8. The first-order valence-electron chi connectivity index (χ1n) is 9.06. The molecule has 0 spiro atoms. The van der Waals surface area contributed by atoms with Gasteiger partial charge < -0.3 is 18.9 Å². The van der Waals surface area contributed by atoms with Crippen molar-refractivity contribution in [3.8, 4) is 0 Å². The van der Waals surface area contributed by atoms with Gasteiger partial charge in [0.05, 0.1) is 13.2 Å². The summed E-state index contributed by atoms with van der Waals surface area (Å²) in [4.78, 5) is 23.1. The van der Waals surface area contributed by atoms with Gasteiger partial charge in [-0.05, 0) is 26.2 Å². The fourth-order valence-electron chi connectivity index (χ4n) is 1.81. The van der Waals surface area contributed by atoms with Crippen molar-refractivity contribution in [3.63, 3.8) is 0 Å². The predicted octanol–water partition coefficient (Wildman–Crippen LogP) is 3.61.